The fourth-order valence-electron chi connectivity index (χ4n) is 2.92. The Hall–Kier alpha value is -2.18. The van der Waals surface area contributed by atoms with E-state index < -0.39 is 22.1 Å². The summed E-state index contributed by atoms with van der Waals surface area (Å²) in [4.78, 5) is 0.129. The lowest BCUT2D eigenvalue weighted by atomic mass is 9.95. The van der Waals surface area contributed by atoms with Crippen LogP contribution in [-0.4, -0.2) is 12.2 Å². The largest absolute Gasteiger partial charge is 0.322 e. The van der Waals surface area contributed by atoms with Gasteiger partial charge in [-0.15, -0.1) is 3.82 Å². The average Bonchev–Trinajstić information content (AvgIpc) is 2.70. The lowest BCUT2D eigenvalue weighted by Gasteiger charge is -2.30. The number of hydrogen-bond acceptors (Lipinski definition) is 3. The molecular formula is C21H21ClN2O2S. The highest BCUT2D eigenvalue weighted by atomic mass is 35.5. The Kier molecular flexibility index (Phi) is 5.97. The summed E-state index contributed by atoms with van der Waals surface area (Å²) >= 11 is 6.46. The summed E-state index contributed by atoms with van der Waals surface area (Å²) in [5.41, 5.74) is 8.97. The van der Waals surface area contributed by atoms with Crippen molar-refractivity contribution in [2.24, 2.45) is 5.73 Å². The maximum atomic E-state index is 13.1. The van der Waals surface area contributed by atoms with Crippen LogP contribution in [-0.2, 0) is 10.0 Å². The molecule has 0 fully saturated rings. The van der Waals surface area contributed by atoms with Crippen LogP contribution < -0.4 is 5.73 Å². The molecule has 3 aromatic carbocycles. The Morgan fingerprint density at radius 3 is 1.81 bits per heavy atom. The van der Waals surface area contributed by atoms with Crippen molar-refractivity contribution in [3.05, 3.63) is 102 Å². The third-order valence-corrected chi connectivity index (χ3v) is 6.74. The molecule has 3 aromatic rings. The standard InChI is InChI=1S/C21H21ClN2O2S/c1-16-12-14-19(15-13-16)27(25,26)24(22)21(18-10-6-3-7-11-18)20(23)17-8-4-2-5-9-17/h2-15,20-21H,23H2,1H3. The Morgan fingerprint density at radius 2 is 1.30 bits per heavy atom. The highest BCUT2D eigenvalue weighted by molar-refractivity contribution is 7.90. The first kappa shape index (κ1) is 19.6. The predicted molar refractivity (Wildman–Crippen MR) is 109 cm³/mol. The second-order valence-electron chi connectivity index (χ2n) is 6.35. The van der Waals surface area contributed by atoms with Crippen molar-refractivity contribution < 1.29 is 8.42 Å². The van der Waals surface area contributed by atoms with E-state index >= 15 is 0 Å². The number of sulfonamides is 1. The first-order chi connectivity index (χ1) is 12.9. The van der Waals surface area contributed by atoms with Crippen molar-refractivity contribution in [2.75, 3.05) is 0 Å². The predicted octanol–water partition coefficient (Wildman–Crippen LogP) is 4.58. The lowest BCUT2D eigenvalue weighted by molar-refractivity contribution is 0.400. The van der Waals surface area contributed by atoms with Crippen LogP contribution in [0.3, 0.4) is 0 Å². The van der Waals surface area contributed by atoms with Crippen molar-refractivity contribution in [1.29, 1.82) is 0 Å². The summed E-state index contributed by atoms with van der Waals surface area (Å²) in [5.74, 6) is 0. The molecule has 0 aromatic heterocycles. The van der Waals surface area contributed by atoms with Gasteiger partial charge in [0.1, 0.15) is 0 Å². The molecule has 27 heavy (non-hydrogen) atoms. The minimum atomic E-state index is -3.94. The molecule has 0 spiro atoms. The molecule has 4 nitrogen and oxygen atoms in total. The summed E-state index contributed by atoms with van der Waals surface area (Å²) in [5, 5.41) is 0. The first-order valence-corrected chi connectivity index (χ1v) is 10.3. The molecule has 6 heteroatoms. The van der Waals surface area contributed by atoms with Gasteiger partial charge in [-0.25, -0.2) is 8.42 Å². The van der Waals surface area contributed by atoms with E-state index in [0.717, 1.165) is 20.5 Å². The van der Waals surface area contributed by atoms with E-state index in [4.69, 9.17) is 17.5 Å². The van der Waals surface area contributed by atoms with Gasteiger partial charge in [0.15, 0.2) is 0 Å². The van der Waals surface area contributed by atoms with Gasteiger partial charge in [0, 0.05) is 0 Å². The number of benzene rings is 3. The molecule has 0 aliphatic carbocycles. The Balaban J connectivity index is 2.06. The Bertz CT molecular complexity index is 978. The van der Waals surface area contributed by atoms with Gasteiger partial charge >= 0.3 is 0 Å². The normalized spacial score (nSPS) is 14.1. The summed E-state index contributed by atoms with van der Waals surface area (Å²) in [6, 6.07) is 23.7. The van der Waals surface area contributed by atoms with Gasteiger partial charge in [0.2, 0.25) is 0 Å². The van der Waals surface area contributed by atoms with Crippen LogP contribution in [0.2, 0.25) is 0 Å². The van der Waals surface area contributed by atoms with Crippen LogP contribution in [0.1, 0.15) is 28.8 Å². The van der Waals surface area contributed by atoms with Gasteiger partial charge < -0.3 is 5.73 Å². The summed E-state index contributed by atoms with van der Waals surface area (Å²) in [6.07, 6.45) is 0. The Morgan fingerprint density at radius 1 is 0.815 bits per heavy atom. The summed E-state index contributed by atoms with van der Waals surface area (Å²) in [7, 11) is -3.94. The maximum Gasteiger partial charge on any atom is 0.257 e. The van der Waals surface area contributed by atoms with Gasteiger partial charge in [-0.3, -0.25) is 0 Å². The van der Waals surface area contributed by atoms with Gasteiger partial charge in [0.25, 0.3) is 10.0 Å². The molecule has 2 unspecified atom stereocenters. The minimum absolute atomic E-state index is 0.129. The van der Waals surface area contributed by atoms with Crippen LogP contribution in [0.25, 0.3) is 0 Å². The summed E-state index contributed by atoms with van der Waals surface area (Å²) < 4.78 is 27.1. The number of aryl methyl sites for hydroxylation is 1. The number of nitrogens with zero attached hydrogens (tertiary/aromatic N) is 1. The molecule has 0 saturated heterocycles. The van der Waals surface area contributed by atoms with E-state index in [9.17, 15) is 8.42 Å². The second kappa shape index (κ2) is 8.23. The molecule has 140 valence electrons. The highest BCUT2D eigenvalue weighted by Gasteiger charge is 2.35. The fraction of sp³-hybridized carbons (Fsp3) is 0.143. The lowest BCUT2D eigenvalue weighted by Crippen LogP contribution is -2.34. The Labute approximate surface area is 165 Å². The van der Waals surface area contributed by atoms with Crippen molar-refractivity contribution in [1.82, 2.24) is 3.82 Å². The molecule has 3 rings (SSSR count). The van der Waals surface area contributed by atoms with Crippen molar-refractivity contribution in [2.45, 2.75) is 23.9 Å². The minimum Gasteiger partial charge on any atom is -0.322 e. The third kappa shape index (κ3) is 4.22. The van der Waals surface area contributed by atoms with E-state index in [2.05, 4.69) is 0 Å². The van der Waals surface area contributed by atoms with Crippen LogP contribution >= 0.6 is 11.8 Å². The van der Waals surface area contributed by atoms with Crippen LogP contribution in [0.4, 0.5) is 0 Å². The molecule has 0 amide bonds. The van der Waals surface area contributed by atoms with Gasteiger partial charge in [0.05, 0.1) is 17.0 Å². The zero-order chi connectivity index (χ0) is 19.4. The van der Waals surface area contributed by atoms with Gasteiger partial charge in [-0.2, -0.15) is 0 Å². The highest BCUT2D eigenvalue weighted by Crippen LogP contribution is 2.37. The molecule has 0 aliphatic heterocycles. The molecular weight excluding hydrogens is 380 g/mol. The second-order valence-corrected chi connectivity index (χ2v) is 8.73. The number of nitrogens with two attached hydrogens (primary N) is 1. The molecule has 2 atom stereocenters. The van der Waals surface area contributed by atoms with E-state index in [1.807, 2.05) is 67.6 Å². The van der Waals surface area contributed by atoms with E-state index in [1.165, 1.54) is 0 Å². The average molecular weight is 401 g/mol. The SMILES string of the molecule is Cc1ccc(S(=O)(=O)N(Cl)C(c2ccccc2)C(N)c2ccccc2)cc1. The third-order valence-electron chi connectivity index (χ3n) is 4.43. The number of rotatable bonds is 6. The molecule has 0 heterocycles. The molecule has 0 bridgehead atoms. The maximum absolute atomic E-state index is 13.1. The van der Waals surface area contributed by atoms with E-state index in [1.54, 1.807) is 24.3 Å². The van der Waals surface area contributed by atoms with Crippen molar-refractivity contribution >= 4 is 21.8 Å². The van der Waals surface area contributed by atoms with Crippen molar-refractivity contribution in [3.8, 4) is 0 Å². The van der Waals surface area contributed by atoms with Gasteiger partial charge in [-0.1, -0.05) is 78.4 Å². The molecule has 0 aliphatic rings. The van der Waals surface area contributed by atoms with E-state index in [0.29, 0.717) is 0 Å². The van der Waals surface area contributed by atoms with Crippen molar-refractivity contribution in [3.63, 3.8) is 0 Å². The smallest absolute Gasteiger partial charge is 0.257 e. The monoisotopic (exact) mass is 400 g/mol. The van der Waals surface area contributed by atoms with Crippen LogP contribution in [0, 0.1) is 6.92 Å². The van der Waals surface area contributed by atoms with Crippen LogP contribution in [0.5, 0.6) is 0 Å². The van der Waals surface area contributed by atoms with E-state index in [-0.39, 0.29) is 4.90 Å². The molecule has 0 saturated carbocycles. The molecule has 2 N–H and O–H groups in total. The zero-order valence-corrected chi connectivity index (χ0v) is 16.4. The summed E-state index contributed by atoms with van der Waals surface area (Å²) in [6.45, 7) is 1.90. The number of halogens is 1. The first-order valence-electron chi connectivity index (χ1n) is 8.53. The topological polar surface area (TPSA) is 63.4 Å². The zero-order valence-electron chi connectivity index (χ0n) is 14.9. The van der Waals surface area contributed by atoms with Crippen LogP contribution in [0.15, 0.2) is 89.8 Å². The number of hydrogen-bond donors (Lipinski definition) is 1. The van der Waals surface area contributed by atoms with Gasteiger partial charge in [-0.05, 0) is 42.0 Å². The molecule has 0 radical (unpaired) electrons. The quantitative estimate of drug-likeness (QED) is 0.616. The fourth-order valence-corrected chi connectivity index (χ4v) is 4.63.